The molecule has 1 N–H and O–H groups in total. The third-order valence-electron chi connectivity index (χ3n) is 1.17. The number of carbonyl (C=O) groups excluding carboxylic acids is 1. The molecule has 0 aromatic carbocycles. The Balaban J connectivity index is 0.00000144. The number of hydrogen-bond acceptors (Lipinski definition) is 3. The lowest BCUT2D eigenvalue weighted by atomic mass is 10.5. The minimum atomic E-state index is -0.476. The molecule has 1 heterocycles. The first-order chi connectivity index (χ1) is 5.83. The van der Waals surface area contributed by atoms with Gasteiger partial charge in [-0.15, -0.1) is 12.4 Å². The van der Waals surface area contributed by atoms with E-state index in [9.17, 15) is 4.79 Å². The van der Waals surface area contributed by atoms with Crippen molar-refractivity contribution in [3.8, 4) is 0 Å². The third-order valence-corrected chi connectivity index (χ3v) is 1.17. The number of anilines is 1. The number of aromatic nitrogens is 1. The first-order valence-corrected chi connectivity index (χ1v) is 3.67. The van der Waals surface area contributed by atoms with Gasteiger partial charge in [0.15, 0.2) is 0 Å². The van der Waals surface area contributed by atoms with E-state index < -0.39 is 6.09 Å². The molecule has 0 aliphatic heterocycles. The van der Waals surface area contributed by atoms with Gasteiger partial charge in [-0.1, -0.05) is 6.07 Å². The van der Waals surface area contributed by atoms with Gasteiger partial charge in [-0.05, 0) is 19.1 Å². The van der Waals surface area contributed by atoms with Crippen LogP contribution in [-0.2, 0) is 4.74 Å². The van der Waals surface area contributed by atoms with Gasteiger partial charge in [-0.2, -0.15) is 0 Å². The zero-order chi connectivity index (χ0) is 8.81. The maximum Gasteiger partial charge on any atom is 0.412 e. The first-order valence-electron chi connectivity index (χ1n) is 3.67. The van der Waals surface area contributed by atoms with Gasteiger partial charge in [-0.3, -0.25) is 5.32 Å². The predicted octanol–water partition coefficient (Wildman–Crippen LogP) is 2.07. The third kappa shape index (κ3) is 4.32. The van der Waals surface area contributed by atoms with E-state index in [4.69, 9.17) is 0 Å². The number of halogens is 1. The highest BCUT2D eigenvalue weighted by atomic mass is 35.5. The van der Waals surface area contributed by atoms with E-state index in [-0.39, 0.29) is 12.4 Å². The van der Waals surface area contributed by atoms with E-state index in [1.54, 1.807) is 31.3 Å². The van der Waals surface area contributed by atoms with E-state index in [0.717, 1.165) is 0 Å². The Morgan fingerprint density at radius 2 is 2.38 bits per heavy atom. The van der Waals surface area contributed by atoms with Gasteiger partial charge < -0.3 is 4.74 Å². The summed E-state index contributed by atoms with van der Waals surface area (Å²) in [6.45, 7) is 2.11. The maximum atomic E-state index is 10.8. The molecule has 0 aliphatic rings. The molecule has 0 unspecified atom stereocenters. The number of hydrogen-bond donors (Lipinski definition) is 1. The van der Waals surface area contributed by atoms with Gasteiger partial charge in [0.1, 0.15) is 5.82 Å². The summed E-state index contributed by atoms with van der Waals surface area (Å²) in [6.07, 6.45) is 1.12. The fourth-order valence-corrected chi connectivity index (χ4v) is 0.708. The SMILES string of the molecule is CCOC(=O)Nc1ccccn1.Cl. The van der Waals surface area contributed by atoms with E-state index >= 15 is 0 Å². The van der Waals surface area contributed by atoms with Crippen LogP contribution < -0.4 is 5.32 Å². The van der Waals surface area contributed by atoms with Crippen LogP contribution in [0.1, 0.15) is 6.92 Å². The molecule has 72 valence electrons. The number of amides is 1. The molecule has 4 nitrogen and oxygen atoms in total. The standard InChI is InChI=1S/C8H10N2O2.ClH/c1-2-12-8(11)10-7-5-3-4-6-9-7;/h3-6H,2H2,1H3,(H,9,10,11);1H. The molecule has 0 radical (unpaired) electrons. The van der Waals surface area contributed by atoms with Gasteiger partial charge in [0.05, 0.1) is 6.61 Å². The van der Waals surface area contributed by atoms with E-state index in [0.29, 0.717) is 12.4 Å². The minimum absolute atomic E-state index is 0. The van der Waals surface area contributed by atoms with Crippen molar-refractivity contribution in [2.75, 3.05) is 11.9 Å². The highest BCUT2D eigenvalue weighted by Crippen LogP contribution is 1.99. The summed E-state index contributed by atoms with van der Waals surface area (Å²) < 4.78 is 4.66. The summed E-state index contributed by atoms with van der Waals surface area (Å²) in [5.41, 5.74) is 0. The smallest absolute Gasteiger partial charge is 0.412 e. The van der Waals surface area contributed by atoms with Crippen LogP contribution in [0.25, 0.3) is 0 Å². The molecule has 1 rings (SSSR count). The summed E-state index contributed by atoms with van der Waals surface area (Å²) in [4.78, 5) is 14.7. The highest BCUT2D eigenvalue weighted by Gasteiger charge is 2.00. The van der Waals surface area contributed by atoms with Crippen molar-refractivity contribution >= 4 is 24.3 Å². The normalized spacial score (nSPS) is 8.38. The summed E-state index contributed by atoms with van der Waals surface area (Å²) in [6, 6.07) is 5.25. The average molecular weight is 203 g/mol. The Hall–Kier alpha value is -1.29. The number of carbonyl (C=O) groups is 1. The second-order valence-electron chi connectivity index (χ2n) is 2.06. The Morgan fingerprint density at radius 3 is 2.92 bits per heavy atom. The second-order valence-corrected chi connectivity index (χ2v) is 2.06. The summed E-state index contributed by atoms with van der Waals surface area (Å²) in [7, 11) is 0. The molecule has 0 saturated carbocycles. The van der Waals surface area contributed by atoms with Gasteiger partial charge in [0, 0.05) is 6.20 Å². The number of ether oxygens (including phenoxy) is 1. The van der Waals surface area contributed by atoms with Gasteiger partial charge in [-0.25, -0.2) is 9.78 Å². The van der Waals surface area contributed by atoms with Gasteiger partial charge in [0.2, 0.25) is 0 Å². The number of nitrogens with zero attached hydrogens (tertiary/aromatic N) is 1. The molecule has 1 aromatic heterocycles. The fraction of sp³-hybridized carbons (Fsp3) is 0.250. The Morgan fingerprint density at radius 1 is 1.62 bits per heavy atom. The van der Waals surface area contributed by atoms with Crippen LogP contribution >= 0.6 is 12.4 Å². The molecular weight excluding hydrogens is 192 g/mol. The molecule has 0 spiro atoms. The van der Waals surface area contributed by atoms with Crippen LogP contribution in [0.5, 0.6) is 0 Å². The molecule has 1 amide bonds. The maximum absolute atomic E-state index is 10.8. The lowest BCUT2D eigenvalue weighted by Gasteiger charge is -2.02. The van der Waals surface area contributed by atoms with Crippen molar-refractivity contribution in [3.05, 3.63) is 24.4 Å². The highest BCUT2D eigenvalue weighted by molar-refractivity contribution is 5.85. The van der Waals surface area contributed by atoms with E-state index in [1.165, 1.54) is 0 Å². The van der Waals surface area contributed by atoms with Crippen molar-refractivity contribution in [3.63, 3.8) is 0 Å². The topological polar surface area (TPSA) is 51.2 Å². The lowest BCUT2D eigenvalue weighted by Crippen LogP contribution is -2.13. The van der Waals surface area contributed by atoms with Crippen LogP contribution in [0, 0.1) is 0 Å². The first kappa shape index (κ1) is 11.7. The Labute approximate surface area is 82.7 Å². The van der Waals surface area contributed by atoms with Crippen LogP contribution in [-0.4, -0.2) is 17.7 Å². The van der Waals surface area contributed by atoms with Crippen LogP contribution in [0.3, 0.4) is 0 Å². The quantitative estimate of drug-likeness (QED) is 0.799. The minimum Gasteiger partial charge on any atom is -0.450 e. The zero-order valence-corrected chi connectivity index (χ0v) is 8.00. The van der Waals surface area contributed by atoms with Crippen LogP contribution in [0.15, 0.2) is 24.4 Å². The molecular formula is C8H11ClN2O2. The van der Waals surface area contributed by atoms with Gasteiger partial charge in [0.25, 0.3) is 0 Å². The number of rotatable bonds is 2. The van der Waals surface area contributed by atoms with Crippen molar-refractivity contribution in [2.45, 2.75) is 6.92 Å². The molecule has 13 heavy (non-hydrogen) atoms. The molecule has 1 aromatic rings. The van der Waals surface area contributed by atoms with Crippen LogP contribution in [0.2, 0.25) is 0 Å². The van der Waals surface area contributed by atoms with E-state index in [1.807, 2.05) is 0 Å². The monoisotopic (exact) mass is 202 g/mol. The molecule has 0 aliphatic carbocycles. The van der Waals surface area contributed by atoms with E-state index in [2.05, 4.69) is 15.0 Å². The predicted molar refractivity (Wildman–Crippen MR) is 52.1 cm³/mol. The zero-order valence-electron chi connectivity index (χ0n) is 7.19. The number of nitrogens with one attached hydrogen (secondary N) is 1. The fourth-order valence-electron chi connectivity index (χ4n) is 0.708. The van der Waals surface area contributed by atoms with Crippen molar-refractivity contribution in [1.82, 2.24) is 4.98 Å². The summed E-state index contributed by atoms with van der Waals surface area (Å²) in [5.74, 6) is 0.496. The molecule has 0 bridgehead atoms. The van der Waals surface area contributed by atoms with Crippen molar-refractivity contribution in [1.29, 1.82) is 0 Å². The molecule has 0 saturated heterocycles. The van der Waals surface area contributed by atoms with Crippen molar-refractivity contribution < 1.29 is 9.53 Å². The van der Waals surface area contributed by atoms with Crippen LogP contribution in [0.4, 0.5) is 10.6 Å². The average Bonchev–Trinajstić information content (AvgIpc) is 2.06. The number of pyridine rings is 1. The summed E-state index contributed by atoms with van der Waals surface area (Å²) in [5, 5.41) is 2.47. The summed E-state index contributed by atoms with van der Waals surface area (Å²) >= 11 is 0. The second kappa shape index (κ2) is 6.25. The molecule has 5 heteroatoms. The molecule has 0 fully saturated rings. The largest absolute Gasteiger partial charge is 0.450 e. The van der Waals surface area contributed by atoms with Gasteiger partial charge >= 0.3 is 6.09 Å². The Kier molecular flexibility index (Phi) is 5.63. The lowest BCUT2D eigenvalue weighted by molar-refractivity contribution is 0.168. The molecule has 0 atom stereocenters. The Bertz CT molecular complexity index is 254. The van der Waals surface area contributed by atoms with Crippen molar-refractivity contribution in [2.24, 2.45) is 0 Å².